The molecule has 4 rings (SSSR count). The Hall–Kier alpha value is -2.35. The van der Waals surface area contributed by atoms with Crippen molar-refractivity contribution in [3.8, 4) is 16.3 Å². The lowest BCUT2D eigenvalue weighted by molar-refractivity contribution is 0.208. The lowest BCUT2D eigenvalue weighted by atomic mass is 10.1. The number of aryl methyl sites for hydroxylation is 1. The van der Waals surface area contributed by atoms with Crippen LogP contribution >= 0.6 is 34.7 Å². The quantitative estimate of drug-likeness (QED) is 0.249. The van der Waals surface area contributed by atoms with Gasteiger partial charge in [-0.3, -0.25) is 0 Å². The molecule has 1 unspecified atom stereocenters. The van der Waals surface area contributed by atoms with Gasteiger partial charge < -0.3 is 9.30 Å². The van der Waals surface area contributed by atoms with Crippen LogP contribution in [0.3, 0.4) is 0 Å². The molecule has 8 heteroatoms. The van der Waals surface area contributed by atoms with Crippen LogP contribution in [0, 0.1) is 13.8 Å². The van der Waals surface area contributed by atoms with Crippen LogP contribution in [0.1, 0.15) is 42.6 Å². The highest BCUT2D eigenvalue weighted by molar-refractivity contribution is 7.98. The summed E-state index contributed by atoms with van der Waals surface area (Å²) in [4.78, 5) is 4.76. The molecular weight excluding hydrogens is 460 g/mol. The largest absolute Gasteiger partial charge is 0.482 e. The number of rotatable bonds is 8. The predicted molar refractivity (Wildman–Crippen MR) is 133 cm³/mol. The summed E-state index contributed by atoms with van der Waals surface area (Å²) < 4.78 is 8.35. The van der Waals surface area contributed by atoms with Crippen LogP contribution in [0.5, 0.6) is 5.75 Å². The van der Waals surface area contributed by atoms with E-state index in [9.17, 15) is 0 Å². The molecule has 2 aromatic carbocycles. The van der Waals surface area contributed by atoms with Crippen LogP contribution in [0.2, 0.25) is 5.02 Å². The molecule has 0 aliphatic rings. The summed E-state index contributed by atoms with van der Waals surface area (Å²) in [6.45, 7) is 9.05. The van der Waals surface area contributed by atoms with E-state index in [4.69, 9.17) is 21.3 Å². The van der Waals surface area contributed by atoms with Crippen molar-refractivity contribution in [2.75, 3.05) is 0 Å². The average Bonchev–Trinajstić information content (AvgIpc) is 3.42. The summed E-state index contributed by atoms with van der Waals surface area (Å²) in [6, 6.07) is 13.9. The number of hydrogen-bond acceptors (Lipinski definition) is 6. The monoisotopic (exact) mass is 484 g/mol. The molecule has 166 valence electrons. The first kappa shape index (κ1) is 22.8. The number of ether oxygens (including phenoxy) is 1. The summed E-state index contributed by atoms with van der Waals surface area (Å²) in [6.07, 6.45) is -0.205. The highest BCUT2D eigenvalue weighted by Crippen LogP contribution is 2.32. The highest BCUT2D eigenvalue weighted by Gasteiger charge is 2.20. The van der Waals surface area contributed by atoms with Crippen LogP contribution in [-0.4, -0.2) is 19.7 Å². The topological polar surface area (TPSA) is 52.8 Å². The predicted octanol–water partition coefficient (Wildman–Crippen LogP) is 7.12. The van der Waals surface area contributed by atoms with Gasteiger partial charge in [0.2, 0.25) is 0 Å². The molecule has 0 saturated carbocycles. The first-order valence-electron chi connectivity index (χ1n) is 10.5. The van der Waals surface area contributed by atoms with E-state index < -0.39 is 0 Å². The van der Waals surface area contributed by atoms with E-state index in [2.05, 4.69) is 47.0 Å². The first-order chi connectivity index (χ1) is 15.5. The Morgan fingerprint density at radius 3 is 2.72 bits per heavy atom. The average molecular weight is 485 g/mol. The smallest absolute Gasteiger partial charge is 0.191 e. The molecule has 0 amide bonds. The molecule has 2 aromatic heterocycles. The Morgan fingerprint density at radius 2 is 1.94 bits per heavy atom. The molecule has 0 saturated heterocycles. The molecule has 0 aliphatic carbocycles. The second-order valence-corrected chi connectivity index (χ2v) is 9.66. The number of hydrogen-bond donors (Lipinski definition) is 0. The highest BCUT2D eigenvalue weighted by atomic mass is 35.5. The summed E-state index contributed by atoms with van der Waals surface area (Å²) in [7, 11) is 0. The van der Waals surface area contributed by atoms with E-state index in [1.807, 2.05) is 43.3 Å². The molecule has 0 N–H and O–H groups in total. The molecule has 1 atom stereocenters. The van der Waals surface area contributed by atoms with Crippen molar-refractivity contribution < 1.29 is 4.74 Å². The minimum absolute atomic E-state index is 0.205. The molecule has 0 radical (unpaired) electrons. The molecule has 0 spiro atoms. The molecule has 32 heavy (non-hydrogen) atoms. The third-order valence-electron chi connectivity index (χ3n) is 5.29. The summed E-state index contributed by atoms with van der Waals surface area (Å²) in [5.41, 5.74) is 4.32. The Morgan fingerprint density at radius 1 is 1.12 bits per heavy atom. The second-order valence-electron chi connectivity index (χ2n) is 7.46. The van der Waals surface area contributed by atoms with Crippen LogP contribution in [-0.2, 0) is 12.3 Å². The van der Waals surface area contributed by atoms with E-state index in [0.717, 1.165) is 45.1 Å². The van der Waals surface area contributed by atoms with Crippen molar-refractivity contribution in [3.05, 3.63) is 75.5 Å². The van der Waals surface area contributed by atoms with E-state index in [-0.39, 0.29) is 6.10 Å². The van der Waals surface area contributed by atoms with Crippen molar-refractivity contribution >= 4 is 34.7 Å². The Kier molecular flexibility index (Phi) is 7.18. The second kappa shape index (κ2) is 10.1. The fraction of sp³-hybridized carbons (Fsp3) is 0.292. The fourth-order valence-corrected chi connectivity index (χ4v) is 5.52. The summed E-state index contributed by atoms with van der Waals surface area (Å²) in [5.74, 6) is 2.42. The van der Waals surface area contributed by atoms with Gasteiger partial charge in [0.25, 0.3) is 0 Å². The normalized spacial score (nSPS) is 12.2. The van der Waals surface area contributed by atoms with Gasteiger partial charge in [0.15, 0.2) is 17.1 Å². The van der Waals surface area contributed by atoms with E-state index >= 15 is 0 Å². The van der Waals surface area contributed by atoms with Gasteiger partial charge in [-0.25, -0.2) is 4.98 Å². The maximum atomic E-state index is 6.32. The third kappa shape index (κ3) is 4.85. The molecule has 4 aromatic rings. The molecular formula is C24H25ClN4OS2. The van der Waals surface area contributed by atoms with Crippen LogP contribution in [0.15, 0.2) is 53.0 Å². The minimum Gasteiger partial charge on any atom is -0.482 e. The SMILES string of the molecule is CCn1c(SCc2csc(-c3ccccc3Cl)n2)nnc1C(C)Oc1cccc(C)c1C. The fourth-order valence-electron chi connectivity index (χ4n) is 3.37. The number of benzene rings is 2. The maximum Gasteiger partial charge on any atom is 0.191 e. The van der Waals surface area contributed by atoms with E-state index in [0.29, 0.717) is 10.8 Å². The van der Waals surface area contributed by atoms with Gasteiger partial charge in [0, 0.05) is 23.2 Å². The van der Waals surface area contributed by atoms with Crippen molar-refractivity contribution in [2.45, 2.75) is 51.3 Å². The Labute approximate surface area is 201 Å². The lowest BCUT2D eigenvalue weighted by Gasteiger charge is -2.17. The molecule has 0 bridgehead atoms. The van der Waals surface area contributed by atoms with Gasteiger partial charge in [0.1, 0.15) is 10.8 Å². The third-order valence-corrected chi connectivity index (χ3v) is 7.54. The standard InChI is InChI=1S/C24H25ClN4OS2/c1-5-29-22(17(4)30-21-12-8-9-15(2)16(21)3)27-28-24(29)32-14-18-13-31-23(26-18)19-10-6-7-11-20(19)25/h6-13,17H,5,14H2,1-4H3. The zero-order chi connectivity index (χ0) is 22.7. The zero-order valence-corrected chi connectivity index (χ0v) is 20.9. The zero-order valence-electron chi connectivity index (χ0n) is 18.5. The molecule has 2 heterocycles. The van der Waals surface area contributed by atoms with E-state index in [1.165, 1.54) is 5.56 Å². The number of halogens is 1. The van der Waals surface area contributed by atoms with Gasteiger partial charge >= 0.3 is 0 Å². The number of thioether (sulfide) groups is 1. The van der Waals surface area contributed by atoms with Gasteiger partial charge in [-0.05, 0) is 51.0 Å². The Balaban J connectivity index is 1.47. The maximum absolute atomic E-state index is 6.32. The van der Waals surface area contributed by atoms with Crippen LogP contribution < -0.4 is 4.74 Å². The van der Waals surface area contributed by atoms with Gasteiger partial charge in [0.05, 0.1) is 10.7 Å². The summed E-state index contributed by atoms with van der Waals surface area (Å²) in [5, 5.41) is 13.5. The lowest BCUT2D eigenvalue weighted by Crippen LogP contribution is -2.12. The molecule has 0 aliphatic heterocycles. The van der Waals surface area contributed by atoms with Crippen LogP contribution in [0.25, 0.3) is 10.6 Å². The van der Waals surface area contributed by atoms with Crippen molar-refractivity contribution in [1.82, 2.24) is 19.7 Å². The number of aromatic nitrogens is 4. The first-order valence-corrected chi connectivity index (χ1v) is 12.7. The molecule has 5 nitrogen and oxygen atoms in total. The van der Waals surface area contributed by atoms with Crippen molar-refractivity contribution in [1.29, 1.82) is 0 Å². The molecule has 0 fully saturated rings. The van der Waals surface area contributed by atoms with Gasteiger partial charge in [-0.1, -0.05) is 53.7 Å². The van der Waals surface area contributed by atoms with E-state index in [1.54, 1.807) is 23.1 Å². The Bertz CT molecular complexity index is 1220. The van der Waals surface area contributed by atoms with Gasteiger partial charge in [-0.15, -0.1) is 21.5 Å². The number of nitrogens with zero attached hydrogens (tertiary/aromatic N) is 4. The van der Waals surface area contributed by atoms with Crippen molar-refractivity contribution in [3.63, 3.8) is 0 Å². The van der Waals surface area contributed by atoms with Crippen LogP contribution in [0.4, 0.5) is 0 Å². The van der Waals surface area contributed by atoms with Gasteiger partial charge in [-0.2, -0.15) is 0 Å². The van der Waals surface area contributed by atoms with Crippen molar-refractivity contribution in [2.24, 2.45) is 0 Å². The minimum atomic E-state index is -0.205. The summed E-state index contributed by atoms with van der Waals surface area (Å²) >= 11 is 9.55. The number of thiazole rings is 1.